The Bertz CT molecular complexity index is 1100. The highest BCUT2D eigenvalue weighted by Gasteiger charge is 2.39. The Morgan fingerprint density at radius 3 is 2.33 bits per heavy atom. The SMILES string of the molecule is CC(C)(N)C(=O)NC(COCc1ccccc1)C1N=NC2=CN(C(=O)OCc3ccccc3)CCN21. The molecule has 2 unspecified atom stereocenters. The van der Waals surface area contributed by atoms with Gasteiger partial charge in [0.05, 0.1) is 31.0 Å². The fourth-order valence-corrected chi connectivity index (χ4v) is 3.82. The molecule has 3 N–H and O–H groups in total. The first-order valence-electron chi connectivity index (χ1n) is 11.9. The number of ether oxygens (including phenoxy) is 2. The van der Waals surface area contributed by atoms with Crippen LogP contribution >= 0.6 is 0 Å². The number of azo groups is 1. The second-order valence-corrected chi connectivity index (χ2v) is 9.35. The van der Waals surface area contributed by atoms with Gasteiger partial charge in [0.25, 0.3) is 0 Å². The van der Waals surface area contributed by atoms with E-state index in [4.69, 9.17) is 15.2 Å². The van der Waals surface area contributed by atoms with Gasteiger partial charge in [-0.15, -0.1) is 5.11 Å². The summed E-state index contributed by atoms with van der Waals surface area (Å²) in [5.74, 6) is 0.212. The molecule has 0 radical (unpaired) electrons. The van der Waals surface area contributed by atoms with Crippen LogP contribution in [0, 0.1) is 0 Å². The number of benzene rings is 2. The van der Waals surface area contributed by atoms with Crippen LogP contribution in [0.25, 0.3) is 0 Å². The zero-order valence-electron chi connectivity index (χ0n) is 20.5. The summed E-state index contributed by atoms with van der Waals surface area (Å²) in [7, 11) is 0. The van der Waals surface area contributed by atoms with E-state index in [1.165, 1.54) is 4.90 Å². The van der Waals surface area contributed by atoms with Crippen LogP contribution in [0.5, 0.6) is 0 Å². The fourth-order valence-electron chi connectivity index (χ4n) is 3.82. The standard InChI is InChI=1S/C26H32N6O4/c1-26(2,27)24(33)28-21(18-35-16-19-9-5-3-6-10-19)23-30-29-22-15-31(13-14-32(22)23)25(34)36-17-20-11-7-4-8-12-20/h3-12,15,21,23H,13-14,16-18,27H2,1-2H3,(H,28,33). The van der Waals surface area contributed by atoms with Crippen molar-refractivity contribution in [1.82, 2.24) is 15.1 Å². The minimum absolute atomic E-state index is 0.189. The number of amides is 2. The van der Waals surface area contributed by atoms with E-state index < -0.39 is 23.8 Å². The van der Waals surface area contributed by atoms with Crippen LogP contribution in [-0.4, -0.2) is 59.2 Å². The lowest BCUT2D eigenvalue weighted by Gasteiger charge is -2.35. The molecule has 10 nitrogen and oxygen atoms in total. The molecule has 0 saturated heterocycles. The van der Waals surface area contributed by atoms with Crippen molar-refractivity contribution in [2.24, 2.45) is 16.0 Å². The van der Waals surface area contributed by atoms with Gasteiger partial charge in [-0.25, -0.2) is 4.79 Å². The van der Waals surface area contributed by atoms with Crippen LogP contribution < -0.4 is 11.1 Å². The monoisotopic (exact) mass is 492 g/mol. The van der Waals surface area contributed by atoms with Gasteiger partial charge in [0.2, 0.25) is 5.91 Å². The first kappa shape index (κ1) is 25.3. The maximum absolute atomic E-state index is 12.7. The van der Waals surface area contributed by atoms with Crippen molar-refractivity contribution in [3.8, 4) is 0 Å². The van der Waals surface area contributed by atoms with E-state index in [-0.39, 0.29) is 19.1 Å². The highest BCUT2D eigenvalue weighted by molar-refractivity contribution is 5.85. The Kier molecular flexibility index (Phi) is 7.97. The van der Waals surface area contributed by atoms with Crippen molar-refractivity contribution in [1.29, 1.82) is 0 Å². The molecule has 0 aromatic heterocycles. The molecule has 2 heterocycles. The van der Waals surface area contributed by atoms with Crippen molar-refractivity contribution in [2.75, 3.05) is 19.7 Å². The van der Waals surface area contributed by atoms with Crippen LogP contribution in [0.4, 0.5) is 4.79 Å². The fraction of sp³-hybridized carbons (Fsp3) is 0.385. The average molecular weight is 493 g/mol. The first-order chi connectivity index (χ1) is 17.3. The number of hydrogen-bond acceptors (Lipinski definition) is 8. The molecule has 0 spiro atoms. The molecule has 2 amide bonds. The molecule has 2 atom stereocenters. The van der Waals surface area contributed by atoms with Crippen molar-refractivity contribution in [2.45, 2.75) is 44.8 Å². The largest absolute Gasteiger partial charge is 0.444 e. The molecule has 0 saturated carbocycles. The van der Waals surface area contributed by atoms with Crippen LogP contribution in [0.2, 0.25) is 0 Å². The van der Waals surface area contributed by atoms with Gasteiger partial charge >= 0.3 is 6.09 Å². The number of nitrogens with zero attached hydrogens (tertiary/aromatic N) is 4. The lowest BCUT2D eigenvalue weighted by atomic mass is 10.1. The minimum Gasteiger partial charge on any atom is -0.444 e. The van der Waals surface area contributed by atoms with Gasteiger partial charge in [-0.2, -0.15) is 5.11 Å². The topological polar surface area (TPSA) is 122 Å². The predicted octanol–water partition coefficient (Wildman–Crippen LogP) is 2.97. The second-order valence-electron chi connectivity index (χ2n) is 9.35. The lowest BCUT2D eigenvalue weighted by molar-refractivity contribution is -0.127. The summed E-state index contributed by atoms with van der Waals surface area (Å²) in [4.78, 5) is 28.7. The highest BCUT2D eigenvalue weighted by Crippen LogP contribution is 2.27. The molecule has 0 aliphatic carbocycles. The minimum atomic E-state index is -1.06. The van der Waals surface area contributed by atoms with Gasteiger partial charge < -0.3 is 25.4 Å². The molecular formula is C26H32N6O4. The zero-order chi connectivity index (χ0) is 25.5. The Hall–Kier alpha value is -3.76. The number of nitrogens with one attached hydrogen (secondary N) is 1. The van der Waals surface area contributed by atoms with Gasteiger partial charge in [-0.1, -0.05) is 60.7 Å². The molecule has 10 heteroatoms. The molecule has 2 aliphatic rings. The van der Waals surface area contributed by atoms with Crippen molar-refractivity contribution in [3.63, 3.8) is 0 Å². The Labute approximate surface area is 210 Å². The van der Waals surface area contributed by atoms with Crippen molar-refractivity contribution >= 4 is 12.0 Å². The Morgan fingerprint density at radius 2 is 1.69 bits per heavy atom. The summed E-state index contributed by atoms with van der Waals surface area (Å²) in [6, 6.07) is 18.8. The molecule has 190 valence electrons. The van der Waals surface area contributed by atoms with Crippen molar-refractivity contribution < 1.29 is 19.1 Å². The molecule has 0 fully saturated rings. The van der Waals surface area contributed by atoms with Crippen LogP contribution in [0.1, 0.15) is 25.0 Å². The number of carbonyl (C=O) groups excluding carboxylic acids is 2. The number of rotatable bonds is 9. The summed E-state index contributed by atoms with van der Waals surface area (Å²) in [5, 5.41) is 11.6. The lowest BCUT2D eigenvalue weighted by Crippen LogP contribution is -2.58. The van der Waals surface area contributed by atoms with Crippen LogP contribution in [-0.2, 0) is 27.5 Å². The van der Waals surface area contributed by atoms with Gasteiger partial charge in [-0.3, -0.25) is 9.69 Å². The van der Waals surface area contributed by atoms with Gasteiger partial charge in [0, 0.05) is 13.1 Å². The number of carbonyl (C=O) groups is 2. The van der Waals surface area contributed by atoms with Gasteiger partial charge in [0.1, 0.15) is 6.61 Å². The molecule has 4 rings (SSSR count). The molecule has 0 bridgehead atoms. The number of fused-ring (bicyclic) bond motifs is 1. The van der Waals surface area contributed by atoms with Gasteiger partial charge in [0.15, 0.2) is 12.0 Å². The maximum atomic E-state index is 12.7. The van der Waals surface area contributed by atoms with Crippen LogP contribution in [0.15, 0.2) is 82.9 Å². The Morgan fingerprint density at radius 1 is 1.06 bits per heavy atom. The summed E-state index contributed by atoms with van der Waals surface area (Å²) >= 11 is 0. The first-order valence-corrected chi connectivity index (χ1v) is 11.9. The smallest absolute Gasteiger partial charge is 0.414 e. The second kappa shape index (κ2) is 11.3. The zero-order valence-corrected chi connectivity index (χ0v) is 20.5. The third kappa shape index (κ3) is 6.46. The molecular weight excluding hydrogens is 460 g/mol. The highest BCUT2D eigenvalue weighted by atomic mass is 16.6. The average Bonchev–Trinajstić information content (AvgIpc) is 3.30. The number of hydrogen-bond donors (Lipinski definition) is 2. The molecule has 2 aliphatic heterocycles. The van der Waals surface area contributed by atoms with E-state index in [0.717, 1.165) is 11.1 Å². The van der Waals surface area contributed by atoms with E-state index in [1.54, 1.807) is 20.0 Å². The summed E-state index contributed by atoms with van der Waals surface area (Å²) in [5.41, 5.74) is 6.88. The molecule has 2 aromatic carbocycles. The van der Waals surface area contributed by atoms with E-state index >= 15 is 0 Å². The predicted molar refractivity (Wildman–Crippen MR) is 133 cm³/mol. The third-order valence-electron chi connectivity index (χ3n) is 5.86. The molecule has 2 aromatic rings. The quantitative estimate of drug-likeness (QED) is 0.555. The van der Waals surface area contributed by atoms with E-state index in [2.05, 4.69) is 15.5 Å². The summed E-state index contributed by atoms with van der Waals surface area (Å²) in [6.45, 7) is 4.96. The van der Waals surface area contributed by atoms with E-state index in [0.29, 0.717) is 25.5 Å². The van der Waals surface area contributed by atoms with Crippen molar-refractivity contribution in [3.05, 3.63) is 83.8 Å². The van der Waals surface area contributed by atoms with Gasteiger partial charge in [-0.05, 0) is 25.0 Å². The van der Waals surface area contributed by atoms with E-state index in [9.17, 15) is 9.59 Å². The van der Waals surface area contributed by atoms with E-state index in [1.807, 2.05) is 65.6 Å². The number of nitrogens with two attached hydrogens (primary N) is 1. The Balaban J connectivity index is 1.40. The molecule has 36 heavy (non-hydrogen) atoms. The normalized spacial score (nSPS) is 17.9. The van der Waals surface area contributed by atoms with Crippen LogP contribution in [0.3, 0.4) is 0 Å². The third-order valence-corrected chi connectivity index (χ3v) is 5.86. The maximum Gasteiger partial charge on any atom is 0.414 e. The summed E-state index contributed by atoms with van der Waals surface area (Å²) in [6.07, 6.45) is 0.683. The summed E-state index contributed by atoms with van der Waals surface area (Å²) < 4.78 is 11.4.